The first-order chi connectivity index (χ1) is 10.8. The number of hydrogen-bond acceptors (Lipinski definition) is 3. The van der Waals surface area contributed by atoms with Crippen molar-refractivity contribution in [2.75, 3.05) is 13.2 Å². The summed E-state index contributed by atoms with van der Waals surface area (Å²) in [4.78, 5) is 11.7. The number of rotatable bonds is 8. The highest BCUT2D eigenvalue weighted by Crippen LogP contribution is 2.15. The second kappa shape index (κ2) is 8.72. The first-order valence-corrected chi connectivity index (χ1v) is 7.47. The first kappa shape index (κ1) is 15.9. The predicted molar refractivity (Wildman–Crippen MR) is 86.0 cm³/mol. The Kier molecular flexibility index (Phi) is 6.30. The van der Waals surface area contributed by atoms with Crippen molar-refractivity contribution < 1.29 is 14.6 Å². The van der Waals surface area contributed by atoms with E-state index in [2.05, 4.69) is 5.32 Å². The zero-order valence-electron chi connectivity index (χ0n) is 12.5. The fraction of sp³-hybridized carbons (Fsp3) is 0.278. The molecule has 0 saturated heterocycles. The van der Waals surface area contributed by atoms with Gasteiger partial charge < -0.3 is 15.2 Å². The Hall–Kier alpha value is -2.49. The number of nitrogens with one attached hydrogen (secondary N) is 1. The van der Waals surface area contributed by atoms with E-state index in [4.69, 9.17) is 4.74 Å². The maximum absolute atomic E-state index is 11.7. The number of phenols is 1. The van der Waals surface area contributed by atoms with Crippen molar-refractivity contribution >= 4 is 5.91 Å². The smallest absolute Gasteiger partial charge is 0.220 e. The molecular formula is C18H21NO3. The van der Waals surface area contributed by atoms with Gasteiger partial charge in [-0.15, -0.1) is 0 Å². The normalized spacial score (nSPS) is 10.2. The molecule has 0 bridgehead atoms. The van der Waals surface area contributed by atoms with E-state index in [9.17, 15) is 9.90 Å². The molecule has 4 heteroatoms. The van der Waals surface area contributed by atoms with Crippen LogP contribution >= 0.6 is 0 Å². The summed E-state index contributed by atoms with van der Waals surface area (Å²) in [6.45, 7) is 1.05. The lowest BCUT2D eigenvalue weighted by atomic mass is 10.1. The summed E-state index contributed by atoms with van der Waals surface area (Å²) < 4.78 is 5.53. The van der Waals surface area contributed by atoms with Gasteiger partial charge in [-0.1, -0.05) is 36.4 Å². The lowest BCUT2D eigenvalue weighted by Crippen LogP contribution is -2.25. The summed E-state index contributed by atoms with van der Waals surface area (Å²) in [6, 6.07) is 16.7. The molecule has 0 saturated carbocycles. The van der Waals surface area contributed by atoms with Gasteiger partial charge in [0.05, 0.1) is 6.61 Å². The first-order valence-electron chi connectivity index (χ1n) is 7.47. The van der Waals surface area contributed by atoms with Crippen molar-refractivity contribution in [1.82, 2.24) is 5.32 Å². The van der Waals surface area contributed by atoms with Crippen LogP contribution in [-0.4, -0.2) is 24.2 Å². The van der Waals surface area contributed by atoms with E-state index in [0.717, 1.165) is 11.3 Å². The molecule has 22 heavy (non-hydrogen) atoms. The van der Waals surface area contributed by atoms with Crippen molar-refractivity contribution in [2.24, 2.45) is 0 Å². The number of para-hydroxylation sites is 2. The van der Waals surface area contributed by atoms with Crippen LogP contribution in [0, 0.1) is 0 Å². The molecule has 2 aromatic carbocycles. The monoisotopic (exact) mass is 299 g/mol. The largest absolute Gasteiger partial charge is 0.508 e. The van der Waals surface area contributed by atoms with Crippen LogP contribution in [-0.2, 0) is 11.2 Å². The van der Waals surface area contributed by atoms with E-state index in [1.54, 1.807) is 12.1 Å². The summed E-state index contributed by atoms with van der Waals surface area (Å²) >= 11 is 0. The average molecular weight is 299 g/mol. The van der Waals surface area contributed by atoms with Crippen LogP contribution in [0.1, 0.15) is 18.4 Å². The van der Waals surface area contributed by atoms with Gasteiger partial charge in [-0.25, -0.2) is 0 Å². The van der Waals surface area contributed by atoms with E-state index in [1.165, 1.54) is 0 Å². The molecule has 4 nitrogen and oxygen atoms in total. The maximum Gasteiger partial charge on any atom is 0.220 e. The molecule has 0 aromatic heterocycles. The minimum Gasteiger partial charge on any atom is -0.508 e. The number of carbonyl (C=O) groups excluding carboxylic acids is 1. The van der Waals surface area contributed by atoms with Crippen LogP contribution in [0.25, 0.3) is 0 Å². The van der Waals surface area contributed by atoms with Crippen molar-refractivity contribution in [3.8, 4) is 11.5 Å². The van der Waals surface area contributed by atoms with Crippen LogP contribution in [0.3, 0.4) is 0 Å². The van der Waals surface area contributed by atoms with Gasteiger partial charge in [-0.2, -0.15) is 0 Å². The van der Waals surface area contributed by atoms with E-state index in [-0.39, 0.29) is 11.7 Å². The lowest BCUT2D eigenvalue weighted by Gasteiger charge is -2.08. The van der Waals surface area contributed by atoms with Crippen molar-refractivity contribution in [1.29, 1.82) is 0 Å². The zero-order valence-corrected chi connectivity index (χ0v) is 12.5. The molecule has 2 rings (SSSR count). The van der Waals surface area contributed by atoms with Gasteiger partial charge in [-0.05, 0) is 36.6 Å². The molecule has 0 aliphatic rings. The second-order valence-electron chi connectivity index (χ2n) is 4.99. The van der Waals surface area contributed by atoms with Gasteiger partial charge in [0.1, 0.15) is 11.5 Å². The van der Waals surface area contributed by atoms with Gasteiger partial charge in [0.2, 0.25) is 5.91 Å². The van der Waals surface area contributed by atoms with Crippen LogP contribution in [0.15, 0.2) is 54.6 Å². The molecule has 1 amide bonds. The van der Waals surface area contributed by atoms with Crippen LogP contribution < -0.4 is 10.1 Å². The Balaban J connectivity index is 1.57. The Morgan fingerprint density at radius 2 is 1.77 bits per heavy atom. The number of hydrogen-bond donors (Lipinski definition) is 2. The number of amides is 1. The fourth-order valence-corrected chi connectivity index (χ4v) is 2.09. The minimum atomic E-state index is 0.00656. The molecule has 0 heterocycles. The summed E-state index contributed by atoms with van der Waals surface area (Å²) in [5.41, 5.74) is 0.843. The van der Waals surface area contributed by atoms with Gasteiger partial charge in [-0.3, -0.25) is 4.79 Å². The second-order valence-corrected chi connectivity index (χ2v) is 4.99. The third-order valence-electron chi connectivity index (χ3n) is 3.27. The zero-order chi connectivity index (χ0) is 15.6. The summed E-state index contributed by atoms with van der Waals surface area (Å²) in [5, 5.41) is 12.5. The van der Waals surface area contributed by atoms with Crippen LogP contribution in [0.2, 0.25) is 0 Å². The van der Waals surface area contributed by atoms with Gasteiger partial charge in [0.25, 0.3) is 0 Å². The van der Waals surface area contributed by atoms with E-state index in [0.29, 0.717) is 32.4 Å². The molecule has 2 N–H and O–H groups in total. The molecule has 0 atom stereocenters. The molecule has 0 radical (unpaired) electrons. The summed E-state index contributed by atoms with van der Waals surface area (Å²) in [6.07, 6.45) is 1.74. The SMILES string of the molecule is O=C(CCCOc1ccccc1)NCCc1ccccc1O. The Bertz CT molecular complexity index is 584. The Morgan fingerprint density at radius 3 is 2.55 bits per heavy atom. The number of ether oxygens (including phenoxy) is 1. The van der Waals surface area contributed by atoms with E-state index < -0.39 is 0 Å². The van der Waals surface area contributed by atoms with E-state index >= 15 is 0 Å². The van der Waals surface area contributed by atoms with Crippen molar-refractivity contribution in [3.05, 3.63) is 60.2 Å². The summed E-state index contributed by atoms with van der Waals surface area (Å²) in [5.74, 6) is 1.10. The molecule has 116 valence electrons. The number of benzene rings is 2. The third kappa shape index (κ3) is 5.48. The average Bonchev–Trinajstić information content (AvgIpc) is 2.54. The maximum atomic E-state index is 11.7. The highest BCUT2D eigenvalue weighted by Gasteiger charge is 2.03. The van der Waals surface area contributed by atoms with E-state index in [1.807, 2.05) is 42.5 Å². The Labute approximate surface area is 130 Å². The highest BCUT2D eigenvalue weighted by atomic mass is 16.5. The molecule has 2 aromatic rings. The fourth-order valence-electron chi connectivity index (χ4n) is 2.09. The molecular weight excluding hydrogens is 278 g/mol. The molecule has 0 aliphatic heterocycles. The molecule has 0 aliphatic carbocycles. The standard InChI is InChI=1S/C18H21NO3/c20-17-10-5-4-7-15(17)12-13-19-18(21)11-6-14-22-16-8-2-1-3-9-16/h1-5,7-10,20H,6,11-14H2,(H,19,21). The highest BCUT2D eigenvalue weighted by molar-refractivity contribution is 5.75. The Morgan fingerprint density at radius 1 is 1.05 bits per heavy atom. The van der Waals surface area contributed by atoms with Gasteiger partial charge in [0.15, 0.2) is 0 Å². The summed E-state index contributed by atoms with van der Waals surface area (Å²) in [7, 11) is 0. The van der Waals surface area contributed by atoms with Crippen molar-refractivity contribution in [3.63, 3.8) is 0 Å². The van der Waals surface area contributed by atoms with Crippen LogP contribution in [0.4, 0.5) is 0 Å². The molecule has 0 fully saturated rings. The number of carbonyl (C=O) groups is 1. The quantitative estimate of drug-likeness (QED) is 0.737. The molecule has 0 spiro atoms. The molecule has 0 unspecified atom stereocenters. The van der Waals surface area contributed by atoms with Crippen molar-refractivity contribution in [2.45, 2.75) is 19.3 Å². The van der Waals surface area contributed by atoms with Gasteiger partial charge >= 0.3 is 0 Å². The topological polar surface area (TPSA) is 58.6 Å². The third-order valence-corrected chi connectivity index (χ3v) is 3.27. The number of phenolic OH excluding ortho intramolecular Hbond substituents is 1. The predicted octanol–water partition coefficient (Wildman–Crippen LogP) is 2.91. The minimum absolute atomic E-state index is 0.00656. The van der Waals surface area contributed by atoms with Crippen LogP contribution in [0.5, 0.6) is 11.5 Å². The number of aromatic hydroxyl groups is 1. The lowest BCUT2D eigenvalue weighted by molar-refractivity contribution is -0.121. The van der Waals surface area contributed by atoms with Gasteiger partial charge in [0, 0.05) is 13.0 Å².